The molecule has 0 radical (unpaired) electrons. The number of hydrogen-bond donors (Lipinski definition) is 0. The second-order valence-corrected chi connectivity index (χ2v) is 27.3. The van der Waals surface area contributed by atoms with Crippen molar-refractivity contribution in [1.82, 2.24) is 18.3 Å². The van der Waals surface area contributed by atoms with E-state index in [-0.39, 0.29) is 33.4 Å². The van der Waals surface area contributed by atoms with Gasteiger partial charge in [0.05, 0.1) is 89.1 Å². The maximum atomic E-state index is 17.4. The molecular formula is C98H56F4N6. The summed E-state index contributed by atoms with van der Waals surface area (Å²) in [6.07, 6.45) is 0. The predicted molar refractivity (Wildman–Crippen MR) is 431 cm³/mol. The van der Waals surface area contributed by atoms with Gasteiger partial charge in [0.1, 0.15) is 35.4 Å². The molecule has 4 aromatic heterocycles. The molecule has 16 aromatic carbocycles. The first-order valence-corrected chi connectivity index (χ1v) is 35.7. The van der Waals surface area contributed by atoms with E-state index < -0.39 is 23.3 Å². The molecule has 0 atom stereocenters. The zero-order chi connectivity index (χ0) is 72.4. The van der Waals surface area contributed by atoms with Gasteiger partial charge in [-0.15, -0.1) is 0 Å². The Balaban J connectivity index is 0.892. The zero-order valence-electron chi connectivity index (χ0n) is 57.5. The predicted octanol–water partition coefficient (Wildman–Crippen LogP) is 26.0. The third kappa shape index (κ3) is 9.78. The van der Waals surface area contributed by atoms with Gasteiger partial charge in [-0.05, 0) is 159 Å². The fraction of sp³-hybridized carbons (Fsp3) is 0. The largest absolute Gasteiger partial charge is 0.309 e. The highest BCUT2D eigenvalue weighted by atomic mass is 19.1. The Bertz CT molecular complexity index is 7200. The number of benzene rings is 16. The van der Waals surface area contributed by atoms with Gasteiger partial charge in [0, 0.05) is 59.8 Å². The van der Waals surface area contributed by atoms with Crippen LogP contribution in [0.15, 0.2) is 340 Å². The van der Waals surface area contributed by atoms with Crippen molar-refractivity contribution in [3.05, 3.63) is 374 Å². The van der Waals surface area contributed by atoms with Crippen molar-refractivity contribution in [2.75, 3.05) is 0 Å². The molecule has 20 aromatic rings. The van der Waals surface area contributed by atoms with Crippen molar-refractivity contribution in [2.45, 2.75) is 0 Å². The van der Waals surface area contributed by atoms with Crippen LogP contribution in [0.5, 0.6) is 0 Å². The molecule has 108 heavy (non-hydrogen) atoms. The van der Waals surface area contributed by atoms with Crippen molar-refractivity contribution in [1.29, 1.82) is 10.5 Å². The van der Waals surface area contributed by atoms with Crippen LogP contribution >= 0.6 is 0 Å². The third-order valence-electron chi connectivity index (χ3n) is 21.5. The normalized spacial score (nSPS) is 11.7. The average Bonchev–Trinajstić information content (AvgIpc) is 1.53. The van der Waals surface area contributed by atoms with E-state index in [0.29, 0.717) is 44.8 Å². The molecule has 0 aliphatic carbocycles. The van der Waals surface area contributed by atoms with E-state index in [0.717, 1.165) is 121 Å². The molecule has 20 rings (SSSR count). The zero-order valence-corrected chi connectivity index (χ0v) is 57.5. The van der Waals surface area contributed by atoms with Gasteiger partial charge < -0.3 is 18.3 Å². The lowest BCUT2D eigenvalue weighted by molar-refractivity contribution is 0.588. The molecule has 0 N–H and O–H groups in total. The lowest BCUT2D eigenvalue weighted by atomic mass is 9.87. The van der Waals surface area contributed by atoms with Gasteiger partial charge in [0.25, 0.3) is 0 Å². The van der Waals surface area contributed by atoms with Crippen molar-refractivity contribution in [3.63, 3.8) is 0 Å². The van der Waals surface area contributed by atoms with Crippen molar-refractivity contribution in [2.24, 2.45) is 0 Å². The Morgan fingerprint density at radius 3 is 1.09 bits per heavy atom. The van der Waals surface area contributed by atoms with Gasteiger partial charge in [-0.1, -0.05) is 231 Å². The minimum absolute atomic E-state index is 0.207. The monoisotopic (exact) mass is 1390 g/mol. The van der Waals surface area contributed by atoms with Gasteiger partial charge in [-0.25, -0.2) is 17.6 Å². The highest BCUT2D eigenvalue weighted by molar-refractivity contribution is 6.26. The van der Waals surface area contributed by atoms with E-state index in [1.165, 1.54) is 36.4 Å². The number of halogens is 4. The topological polar surface area (TPSA) is 67.3 Å². The SMILES string of the molecule is N#Cc1cc(-n2c3ccccc3c3c(-c4c(-c5ccccc5)ccc5c4c4ccccc4n5-c4cc(-c5c(F)cccc5F)c(-n5c6ccccc6c6cc(-c7ccccc7)ccc65)cc4C#N)cc(-c4ccccc4)cc32)c(-c2c(F)cccc2F)cc1-n1c2ccccc2c2ccc(-c3ccccc3)cc21. The maximum absolute atomic E-state index is 17.4. The summed E-state index contributed by atoms with van der Waals surface area (Å²) in [5.41, 5.74) is 17.0. The Morgan fingerprint density at radius 2 is 0.574 bits per heavy atom. The smallest absolute Gasteiger partial charge is 0.134 e. The molecule has 0 spiro atoms. The second kappa shape index (κ2) is 25.1. The molecule has 0 saturated heterocycles. The van der Waals surface area contributed by atoms with Crippen LogP contribution in [0.2, 0.25) is 0 Å². The number of para-hydroxylation sites is 4. The fourth-order valence-corrected chi connectivity index (χ4v) is 16.9. The summed E-state index contributed by atoms with van der Waals surface area (Å²) < 4.78 is 77.4. The van der Waals surface area contributed by atoms with Crippen LogP contribution in [0.4, 0.5) is 17.6 Å². The van der Waals surface area contributed by atoms with E-state index in [2.05, 4.69) is 138 Å². The second-order valence-electron chi connectivity index (χ2n) is 27.3. The lowest BCUT2D eigenvalue weighted by Crippen LogP contribution is -2.05. The number of hydrogen-bond acceptors (Lipinski definition) is 2. The molecule has 6 nitrogen and oxygen atoms in total. The van der Waals surface area contributed by atoms with Crippen molar-refractivity contribution >= 4 is 87.2 Å². The van der Waals surface area contributed by atoms with Gasteiger partial charge >= 0.3 is 0 Å². The quantitative estimate of drug-likeness (QED) is 0.121. The van der Waals surface area contributed by atoms with Gasteiger partial charge in [-0.2, -0.15) is 10.5 Å². The average molecular weight is 1390 g/mol. The van der Waals surface area contributed by atoms with Crippen LogP contribution in [-0.4, -0.2) is 18.3 Å². The molecule has 4 heterocycles. The Morgan fingerprint density at radius 1 is 0.204 bits per heavy atom. The van der Waals surface area contributed by atoms with E-state index in [4.69, 9.17) is 0 Å². The summed E-state index contributed by atoms with van der Waals surface area (Å²) >= 11 is 0. The molecule has 0 saturated carbocycles. The number of fused-ring (bicyclic) bond motifs is 12. The van der Waals surface area contributed by atoms with E-state index >= 15 is 17.6 Å². The molecule has 0 aliphatic rings. The highest BCUT2D eigenvalue weighted by Gasteiger charge is 2.31. The minimum atomic E-state index is -0.785. The maximum Gasteiger partial charge on any atom is 0.134 e. The van der Waals surface area contributed by atoms with Crippen molar-refractivity contribution < 1.29 is 17.6 Å². The molecule has 0 fully saturated rings. The van der Waals surface area contributed by atoms with E-state index in [9.17, 15) is 10.5 Å². The summed E-state index contributed by atoms with van der Waals surface area (Å²) in [5.74, 6) is -3.12. The Hall–Kier alpha value is -14.6. The summed E-state index contributed by atoms with van der Waals surface area (Å²) in [7, 11) is 0. The van der Waals surface area contributed by atoms with Crippen LogP contribution in [0.25, 0.3) is 188 Å². The number of nitrogens with zero attached hydrogens (tertiary/aromatic N) is 6. The first kappa shape index (κ1) is 63.1. The summed E-state index contributed by atoms with van der Waals surface area (Å²) in [6, 6.07) is 114. The van der Waals surface area contributed by atoms with Crippen LogP contribution in [0.3, 0.4) is 0 Å². The summed E-state index contributed by atoms with van der Waals surface area (Å²) in [5, 5.41) is 30.7. The Kier molecular flexibility index (Phi) is 14.7. The van der Waals surface area contributed by atoms with Crippen LogP contribution in [-0.2, 0) is 0 Å². The molecular weight excluding hydrogens is 1340 g/mol. The lowest BCUT2D eigenvalue weighted by Gasteiger charge is -2.20. The molecule has 0 unspecified atom stereocenters. The van der Waals surface area contributed by atoms with Gasteiger partial charge in [-0.3, -0.25) is 0 Å². The van der Waals surface area contributed by atoms with E-state index in [1.807, 2.05) is 171 Å². The molecule has 506 valence electrons. The van der Waals surface area contributed by atoms with Crippen LogP contribution in [0, 0.1) is 45.9 Å². The summed E-state index contributed by atoms with van der Waals surface area (Å²) in [4.78, 5) is 0. The number of aromatic nitrogens is 4. The van der Waals surface area contributed by atoms with Crippen LogP contribution in [0.1, 0.15) is 11.1 Å². The van der Waals surface area contributed by atoms with E-state index in [1.54, 1.807) is 24.3 Å². The molecule has 0 aliphatic heterocycles. The fourth-order valence-electron chi connectivity index (χ4n) is 16.9. The first-order valence-electron chi connectivity index (χ1n) is 35.7. The van der Waals surface area contributed by atoms with Crippen molar-refractivity contribution in [3.8, 4) is 113 Å². The van der Waals surface area contributed by atoms with Gasteiger partial charge in [0.15, 0.2) is 0 Å². The standard InChI is InChI=1S/C98H56F4N6/c99-78-35-21-36-79(100)96(78)75-55-88(66(57-103)53-91(75)105-83-40-18-14-32-70(83)74-49-63(44-47-86(74)105)59-23-5-1-6-24-59)106-85-42-20-16-34-73(85)98-87(106)48-46-68(62-29-11-4-12-30-62)95(98)77-50-65(61-27-9-3-10-28-61)52-93-94(77)72-33-15-19-41-84(72)108(93)92-54-67(58-104)89(56-76(92)97-80(101)37-22-38-81(97)102)107-82-39-17-13-31-69(82)71-45-43-64(51-90(71)107)60-25-7-2-8-26-60/h1-56H. The number of nitriles is 2. The highest BCUT2D eigenvalue weighted by Crippen LogP contribution is 2.52. The molecule has 0 bridgehead atoms. The number of rotatable bonds is 11. The van der Waals surface area contributed by atoms with Crippen LogP contribution < -0.4 is 0 Å². The Labute approximate surface area is 616 Å². The van der Waals surface area contributed by atoms with Gasteiger partial charge in [0.2, 0.25) is 0 Å². The first-order chi connectivity index (χ1) is 53.2. The molecule has 10 heteroatoms. The minimum Gasteiger partial charge on any atom is -0.309 e. The summed E-state index contributed by atoms with van der Waals surface area (Å²) in [6.45, 7) is 0. The third-order valence-corrected chi connectivity index (χ3v) is 21.5. The molecule has 0 amide bonds.